The summed E-state index contributed by atoms with van der Waals surface area (Å²) in [6.45, 7) is 0. The number of hydrogen-bond acceptors (Lipinski definition) is 4. The molecule has 20 heavy (non-hydrogen) atoms. The van der Waals surface area contributed by atoms with Crippen molar-refractivity contribution in [3.8, 4) is 17.1 Å². The molecular formula is C16H13NO2S. The quantitative estimate of drug-likeness (QED) is 0.723. The lowest BCUT2D eigenvalue weighted by atomic mass is 10.2. The summed E-state index contributed by atoms with van der Waals surface area (Å²) in [5.41, 5.74) is 1.02. The summed E-state index contributed by atoms with van der Waals surface area (Å²) >= 11 is 1.58. The molecule has 0 saturated heterocycles. The fourth-order valence-electron chi connectivity index (χ4n) is 1.83. The second-order valence-electron chi connectivity index (χ2n) is 4.27. The first-order chi connectivity index (χ1) is 9.81. The molecule has 3 rings (SSSR count). The number of benzene rings is 2. The largest absolute Gasteiger partial charge is 0.508 e. The third-order valence-electron chi connectivity index (χ3n) is 2.79. The van der Waals surface area contributed by atoms with Crippen molar-refractivity contribution in [3.63, 3.8) is 0 Å². The second-order valence-corrected chi connectivity index (χ2v) is 5.32. The maximum Gasteiger partial charge on any atom is 0.205 e. The summed E-state index contributed by atoms with van der Waals surface area (Å²) in [6, 6.07) is 17.1. The first-order valence-electron chi connectivity index (χ1n) is 6.23. The van der Waals surface area contributed by atoms with E-state index in [1.54, 1.807) is 30.1 Å². The predicted molar refractivity (Wildman–Crippen MR) is 79.6 cm³/mol. The molecule has 1 aromatic heterocycles. The Kier molecular flexibility index (Phi) is 3.74. The van der Waals surface area contributed by atoms with Crippen molar-refractivity contribution in [2.24, 2.45) is 0 Å². The van der Waals surface area contributed by atoms with Crippen molar-refractivity contribution >= 4 is 11.8 Å². The van der Waals surface area contributed by atoms with Crippen LogP contribution in [0, 0.1) is 0 Å². The van der Waals surface area contributed by atoms with Crippen molar-refractivity contribution in [1.29, 1.82) is 0 Å². The van der Waals surface area contributed by atoms with Gasteiger partial charge in [0.25, 0.3) is 0 Å². The van der Waals surface area contributed by atoms with Gasteiger partial charge in [0.2, 0.25) is 5.89 Å². The molecule has 1 N–H and O–H groups in total. The summed E-state index contributed by atoms with van der Waals surface area (Å²) in [5, 5.41) is 9.41. The fourth-order valence-corrected chi connectivity index (χ4v) is 2.63. The summed E-state index contributed by atoms with van der Waals surface area (Å²) in [4.78, 5) is 5.27. The molecule has 2 aromatic carbocycles. The van der Waals surface area contributed by atoms with E-state index < -0.39 is 0 Å². The molecule has 0 aliphatic carbocycles. The Morgan fingerprint density at radius 1 is 1.05 bits per heavy atom. The first-order valence-corrected chi connectivity index (χ1v) is 7.22. The first kappa shape index (κ1) is 12.8. The van der Waals surface area contributed by atoms with E-state index in [0.29, 0.717) is 11.6 Å². The fraction of sp³-hybridized carbons (Fsp3) is 0.0625. The lowest BCUT2D eigenvalue weighted by Crippen LogP contribution is -1.79. The average molecular weight is 283 g/mol. The normalized spacial score (nSPS) is 10.6. The lowest BCUT2D eigenvalue weighted by Gasteiger charge is -1.99. The maximum absolute atomic E-state index is 9.41. The Morgan fingerprint density at radius 2 is 1.90 bits per heavy atom. The van der Waals surface area contributed by atoms with Gasteiger partial charge in [-0.15, -0.1) is 11.8 Å². The van der Waals surface area contributed by atoms with Crippen LogP contribution in [0.15, 0.2) is 70.1 Å². The van der Waals surface area contributed by atoms with Gasteiger partial charge in [-0.2, -0.15) is 0 Å². The molecule has 0 fully saturated rings. The molecule has 0 saturated carbocycles. The van der Waals surface area contributed by atoms with E-state index in [9.17, 15) is 5.11 Å². The van der Waals surface area contributed by atoms with Crippen LogP contribution in [0.1, 0.15) is 5.89 Å². The summed E-state index contributed by atoms with van der Waals surface area (Å²) in [7, 11) is 0. The van der Waals surface area contributed by atoms with Crippen LogP contribution >= 0.6 is 11.8 Å². The molecule has 100 valence electrons. The van der Waals surface area contributed by atoms with Gasteiger partial charge >= 0.3 is 0 Å². The van der Waals surface area contributed by atoms with Crippen LogP contribution in [0.2, 0.25) is 0 Å². The molecule has 0 bridgehead atoms. The number of aromatic nitrogens is 1. The van der Waals surface area contributed by atoms with Gasteiger partial charge in [-0.1, -0.05) is 36.4 Å². The van der Waals surface area contributed by atoms with Crippen LogP contribution in [-0.2, 0) is 5.75 Å². The van der Waals surface area contributed by atoms with Gasteiger partial charge in [-0.3, -0.25) is 0 Å². The van der Waals surface area contributed by atoms with Crippen molar-refractivity contribution in [2.75, 3.05) is 0 Å². The molecule has 0 spiro atoms. The van der Waals surface area contributed by atoms with E-state index in [1.807, 2.05) is 42.5 Å². The molecule has 0 aliphatic heterocycles. The smallest absolute Gasteiger partial charge is 0.205 e. The number of hydrogen-bond donors (Lipinski definition) is 1. The number of rotatable bonds is 4. The average Bonchev–Trinajstić information content (AvgIpc) is 2.95. The Balaban J connectivity index is 1.69. The molecule has 3 nitrogen and oxygen atoms in total. The van der Waals surface area contributed by atoms with Gasteiger partial charge in [0.05, 0.1) is 11.9 Å². The highest BCUT2D eigenvalue weighted by Gasteiger charge is 2.06. The molecule has 3 aromatic rings. The van der Waals surface area contributed by atoms with Crippen LogP contribution in [0.5, 0.6) is 5.75 Å². The molecule has 0 aliphatic rings. The summed E-state index contributed by atoms with van der Waals surface area (Å²) in [5.74, 6) is 2.36. The zero-order valence-corrected chi connectivity index (χ0v) is 11.5. The number of oxazole rings is 1. The van der Waals surface area contributed by atoms with Crippen LogP contribution in [-0.4, -0.2) is 10.1 Å². The van der Waals surface area contributed by atoms with Crippen LogP contribution in [0.4, 0.5) is 0 Å². The van der Waals surface area contributed by atoms with Crippen LogP contribution in [0.3, 0.4) is 0 Å². The molecule has 0 amide bonds. The molecule has 4 heteroatoms. The van der Waals surface area contributed by atoms with Crippen LogP contribution < -0.4 is 0 Å². The highest BCUT2D eigenvalue weighted by molar-refractivity contribution is 7.98. The zero-order chi connectivity index (χ0) is 13.8. The van der Waals surface area contributed by atoms with Crippen molar-refractivity contribution < 1.29 is 9.52 Å². The minimum absolute atomic E-state index is 0.271. The second kappa shape index (κ2) is 5.84. The minimum atomic E-state index is 0.271. The maximum atomic E-state index is 9.41. The van der Waals surface area contributed by atoms with E-state index in [2.05, 4.69) is 4.98 Å². The van der Waals surface area contributed by atoms with Gasteiger partial charge in [0.15, 0.2) is 5.76 Å². The molecular weight excluding hydrogens is 270 g/mol. The van der Waals surface area contributed by atoms with E-state index in [1.165, 1.54) is 0 Å². The minimum Gasteiger partial charge on any atom is -0.508 e. The lowest BCUT2D eigenvalue weighted by molar-refractivity contribution is 0.474. The van der Waals surface area contributed by atoms with Crippen molar-refractivity contribution in [3.05, 3.63) is 66.7 Å². The monoisotopic (exact) mass is 283 g/mol. The highest BCUT2D eigenvalue weighted by atomic mass is 32.2. The van der Waals surface area contributed by atoms with Crippen LogP contribution in [0.25, 0.3) is 11.3 Å². The summed E-state index contributed by atoms with van der Waals surface area (Å²) in [6.07, 6.45) is 1.74. The van der Waals surface area contributed by atoms with Gasteiger partial charge in [0, 0.05) is 10.5 Å². The Bertz CT molecular complexity index is 694. The molecule has 0 unspecified atom stereocenters. The SMILES string of the molecule is Oc1cccc(SCc2ncc(-c3ccccc3)o2)c1. The summed E-state index contributed by atoms with van der Waals surface area (Å²) < 4.78 is 5.73. The van der Waals surface area contributed by atoms with E-state index in [4.69, 9.17) is 4.42 Å². The van der Waals surface area contributed by atoms with E-state index in [0.717, 1.165) is 16.2 Å². The van der Waals surface area contributed by atoms with Gasteiger partial charge < -0.3 is 9.52 Å². The van der Waals surface area contributed by atoms with Crippen molar-refractivity contribution in [1.82, 2.24) is 4.98 Å². The molecule has 0 radical (unpaired) electrons. The standard InChI is InChI=1S/C16H13NO2S/c18-13-7-4-8-14(9-13)20-11-16-17-10-15(19-16)12-5-2-1-3-6-12/h1-10,18H,11H2. The Labute approximate surface area is 121 Å². The van der Waals surface area contributed by atoms with E-state index in [-0.39, 0.29) is 5.75 Å². The number of nitrogens with zero attached hydrogens (tertiary/aromatic N) is 1. The predicted octanol–water partition coefficient (Wildman–Crippen LogP) is 4.34. The highest BCUT2D eigenvalue weighted by Crippen LogP contribution is 2.27. The van der Waals surface area contributed by atoms with Gasteiger partial charge in [0.1, 0.15) is 5.75 Å². The number of phenolic OH excluding ortho intramolecular Hbond substituents is 1. The number of thioether (sulfide) groups is 1. The van der Waals surface area contributed by atoms with Crippen molar-refractivity contribution in [2.45, 2.75) is 10.6 Å². The third-order valence-corrected chi connectivity index (χ3v) is 3.77. The Hall–Kier alpha value is -2.20. The number of aromatic hydroxyl groups is 1. The number of phenols is 1. The molecule has 1 heterocycles. The van der Waals surface area contributed by atoms with E-state index >= 15 is 0 Å². The Morgan fingerprint density at radius 3 is 2.70 bits per heavy atom. The molecule has 0 atom stereocenters. The topological polar surface area (TPSA) is 46.3 Å². The zero-order valence-electron chi connectivity index (χ0n) is 10.7. The van der Waals surface area contributed by atoms with Gasteiger partial charge in [-0.05, 0) is 18.2 Å². The third kappa shape index (κ3) is 3.03. The van der Waals surface area contributed by atoms with Gasteiger partial charge in [-0.25, -0.2) is 4.98 Å².